The Hall–Kier alpha value is -1.62. The average Bonchev–Trinajstić information content (AvgIpc) is 3.02. The first-order valence-electron chi connectivity index (χ1n) is 6.55. The number of aromatic amines is 1. The number of nitrogens with zero attached hydrogens (tertiary/aromatic N) is 4. The summed E-state index contributed by atoms with van der Waals surface area (Å²) in [6, 6.07) is 0.620. The van der Waals surface area contributed by atoms with Gasteiger partial charge in [-0.2, -0.15) is 0 Å². The second-order valence-electron chi connectivity index (χ2n) is 5.00. The van der Waals surface area contributed by atoms with Crippen LogP contribution >= 0.6 is 0 Å². The van der Waals surface area contributed by atoms with Crippen LogP contribution in [-0.2, 0) is 6.54 Å². The highest BCUT2D eigenvalue weighted by Crippen LogP contribution is 2.20. The quantitative estimate of drug-likeness (QED) is 0.896. The fraction of sp³-hybridized carbons (Fsp3) is 0.538. The number of piperidine rings is 1. The Labute approximate surface area is 107 Å². The summed E-state index contributed by atoms with van der Waals surface area (Å²) in [6.07, 6.45) is 11.4. The van der Waals surface area contributed by atoms with Gasteiger partial charge >= 0.3 is 0 Å². The van der Waals surface area contributed by atoms with E-state index in [1.165, 1.54) is 25.8 Å². The fourth-order valence-corrected chi connectivity index (χ4v) is 2.68. The molecule has 1 aliphatic heterocycles. The number of likely N-dealkylation sites (N-methyl/N-ethyl adjacent to an activating group) is 1. The lowest BCUT2D eigenvalue weighted by Crippen LogP contribution is -2.39. The highest BCUT2D eigenvalue weighted by atomic mass is 15.2. The van der Waals surface area contributed by atoms with Crippen LogP contribution in [0.5, 0.6) is 0 Å². The van der Waals surface area contributed by atoms with Crippen molar-refractivity contribution in [3.05, 3.63) is 24.9 Å². The van der Waals surface area contributed by atoms with Crippen molar-refractivity contribution in [1.29, 1.82) is 0 Å². The van der Waals surface area contributed by atoms with Gasteiger partial charge in [0, 0.05) is 25.0 Å². The largest absolute Gasteiger partial charge is 0.342 e. The average molecular weight is 245 g/mol. The van der Waals surface area contributed by atoms with E-state index in [0.717, 1.165) is 18.1 Å². The van der Waals surface area contributed by atoms with Gasteiger partial charge in [-0.3, -0.25) is 0 Å². The highest BCUT2D eigenvalue weighted by molar-refractivity contribution is 5.47. The lowest BCUT2D eigenvalue weighted by Gasteiger charge is -2.32. The predicted molar refractivity (Wildman–Crippen MR) is 70.1 cm³/mol. The Morgan fingerprint density at radius 1 is 1.44 bits per heavy atom. The van der Waals surface area contributed by atoms with Crippen LogP contribution in [0.3, 0.4) is 0 Å². The van der Waals surface area contributed by atoms with Crippen molar-refractivity contribution in [1.82, 2.24) is 24.4 Å². The highest BCUT2D eigenvalue weighted by Gasteiger charge is 2.20. The summed E-state index contributed by atoms with van der Waals surface area (Å²) in [5, 5.41) is 0. The van der Waals surface area contributed by atoms with E-state index in [4.69, 9.17) is 0 Å². The van der Waals surface area contributed by atoms with E-state index >= 15 is 0 Å². The molecular formula is C13H19N5. The maximum atomic E-state index is 4.42. The van der Waals surface area contributed by atoms with E-state index in [1.807, 2.05) is 12.4 Å². The van der Waals surface area contributed by atoms with E-state index in [0.29, 0.717) is 6.04 Å². The number of H-pyrrole nitrogens is 1. The maximum Gasteiger partial charge on any atom is 0.158 e. The molecular weight excluding hydrogens is 226 g/mol. The third-order valence-electron chi connectivity index (χ3n) is 3.78. The number of hydrogen-bond donors (Lipinski definition) is 1. The second kappa shape index (κ2) is 4.94. The van der Waals surface area contributed by atoms with Gasteiger partial charge in [0.2, 0.25) is 0 Å². The first kappa shape index (κ1) is 11.5. The van der Waals surface area contributed by atoms with Gasteiger partial charge < -0.3 is 14.5 Å². The summed E-state index contributed by atoms with van der Waals surface area (Å²) < 4.78 is 2.22. The van der Waals surface area contributed by atoms with Crippen LogP contribution in [0.4, 0.5) is 0 Å². The zero-order valence-corrected chi connectivity index (χ0v) is 10.7. The summed E-state index contributed by atoms with van der Waals surface area (Å²) >= 11 is 0. The Morgan fingerprint density at radius 3 is 3.17 bits per heavy atom. The van der Waals surface area contributed by atoms with Crippen LogP contribution in [0, 0.1) is 0 Å². The summed E-state index contributed by atoms with van der Waals surface area (Å²) in [5.74, 6) is 0.978. The molecule has 1 saturated heterocycles. The molecule has 0 amide bonds. The lowest BCUT2D eigenvalue weighted by molar-refractivity contribution is 0.168. The van der Waals surface area contributed by atoms with Gasteiger partial charge in [0.05, 0.1) is 12.5 Å². The molecule has 5 heteroatoms. The molecule has 0 unspecified atom stereocenters. The van der Waals surface area contributed by atoms with Crippen molar-refractivity contribution in [2.75, 3.05) is 13.6 Å². The van der Waals surface area contributed by atoms with Gasteiger partial charge in [-0.25, -0.2) is 9.97 Å². The number of likely N-dealkylation sites (tertiary alicyclic amines) is 1. The monoisotopic (exact) mass is 245 g/mol. The molecule has 2 aromatic heterocycles. The summed E-state index contributed by atoms with van der Waals surface area (Å²) in [7, 11) is 2.22. The van der Waals surface area contributed by atoms with E-state index in [2.05, 4.69) is 37.7 Å². The normalized spacial score (nSPS) is 21.3. The molecule has 3 heterocycles. The molecule has 2 aromatic rings. The molecule has 0 radical (unpaired) electrons. The molecule has 3 rings (SSSR count). The van der Waals surface area contributed by atoms with Crippen molar-refractivity contribution in [3.8, 4) is 11.5 Å². The van der Waals surface area contributed by atoms with Crippen LogP contribution in [0.25, 0.3) is 11.5 Å². The van der Waals surface area contributed by atoms with Crippen LogP contribution in [0.2, 0.25) is 0 Å². The molecule has 1 atom stereocenters. The standard InChI is InChI=1S/C13H19N5/c1-17-6-3-2-4-11(17)9-18-7-5-15-13(18)12-8-14-10-16-12/h5,7-8,10-11H,2-4,6,9H2,1H3,(H,14,16)/t11-/m1/s1. The number of aromatic nitrogens is 4. The van der Waals surface area contributed by atoms with Crippen LogP contribution in [0.15, 0.2) is 24.9 Å². The van der Waals surface area contributed by atoms with E-state index in [9.17, 15) is 0 Å². The van der Waals surface area contributed by atoms with Crippen LogP contribution in [0.1, 0.15) is 19.3 Å². The molecule has 0 spiro atoms. The van der Waals surface area contributed by atoms with Crippen molar-refractivity contribution in [2.24, 2.45) is 0 Å². The topological polar surface area (TPSA) is 49.7 Å². The number of nitrogens with one attached hydrogen (secondary N) is 1. The Balaban J connectivity index is 1.79. The lowest BCUT2D eigenvalue weighted by atomic mass is 10.0. The molecule has 1 fully saturated rings. The summed E-state index contributed by atoms with van der Waals surface area (Å²) in [5.41, 5.74) is 0.985. The second-order valence-corrected chi connectivity index (χ2v) is 5.00. The zero-order valence-electron chi connectivity index (χ0n) is 10.7. The molecule has 96 valence electrons. The third kappa shape index (κ3) is 2.18. The molecule has 0 saturated carbocycles. The van der Waals surface area contributed by atoms with Crippen molar-refractivity contribution in [3.63, 3.8) is 0 Å². The van der Waals surface area contributed by atoms with Crippen molar-refractivity contribution >= 4 is 0 Å². The van der Waals surface area contributed by atoms with E-state index < -0.39 is 0 Å². The fourth-order valence-electron chi connectivity index (χ4n) is 2.68. The minimum Gasteiger partial charge on any atom is -0.342 e. The van der Waals surface area contributed by atoms with Gasteiger partial charge in [-0.15, -0.1) is 0 Å². The smallest absolute Gasteiger partial charge is 0.158 e. The molecule has 1 aliphatic rings. The van der Waals surface area contributed by atoms with Crippen molar-refractivity contribution < 1.29 is 0 Å². The molecule has 5 nitrogen and oxygen atoms in total. The zero-order chi connectivity index (χ0) is 12.4. The minimum absolute atomic E-state index is 0.620. The van der Waals surface area contributed by atoms with Gasteiger partial charge in [-0.1, -0.05) is 6.42 Å². The van der Waals surface area contributed by atoms with E-state index in [1.54, 1.807) is 6.33 Å². The molecule has 18 heavy (non-hydrogen) atoms. The molecule has 0 aromatic carbocycles. The number of imidazole rings is 2. The van der Waals surface area contributed by atoms with Gasteiger partial charge in [0.1, 0.15) is 5.69 Å². The van der Waals surface area contributed by atoms with Crippen LogP contribution < -0.4 is 0 Å². The van der Waals surface area contributed by atoms with Gasteiger partial charge in [0.25, 0.3) is 0 Å². The molecule has 0 bridgehead atoms. The maximum absolute atomic E-state index is 4.42. The Bertz CT molecular complexity index is 487. The Morgan fingerprint density at radius 2 is 2.39 bits per heavy atom. The van der Waals surface area contributed by atoms with E-state index in [-0.39, 0.29) is 0 Å². The first-order chi connectivity index (χ1) is 8.84. The summed E-state index contributed by atoms with van der Waals surface area (Å²) in [4.78, 5) is 14.1. The minimum atomic E-state index is 0.620. The molecule has 1 N–H and O–H groups in total. The number of rotatable bonds is 3. The van der Waals surface area contributed by atoms with Crippen molar-refractivity contribution in [2.45, 2.75) is 31.8 Å². The predicted octanol–water partition coefficient (Wildman–Crippen LogP) is 1.76. The Kier molecular flexibility index (Phi) is 3.15. The SMILES string of the molecule is CN1CCCC[C@@H]1Cn1ccnc1-c1cnc[nH]1. The first-order valence-corrected chi connectivity index (χ1v) is 6.55. The summed E-state index contributed by atoms with van der Waals surface area (Å²) in [6.45, 7) is 2.21. The molecule has 0 aliphatic carbocycles. The third-order valence-corrected chi connectivity index (χ3v) is 3.78. The number of hydrogen-bond acceptors (Lipinski definition) is 3. The van der Waals surface area contributed by atoms with Crippen LogP contribution in [-0.4, -0.2) is 44.1 Å². The van der Waals surface area contributed by atoms with Gasteiger partial charge in [0.15, 0.2) is 5.82 Å². The van der Waals surface area contributed by atoms with Gasteiger partial charge in [-0.05, 0) is 26.4 Å².